The Balaban J connectivity index is 1.72. The molecule has 0 saturated carbocycles. The van der Waals surface area contributed by atoms with Crippen LogP contribution in [0.3, 0.4) is 0 Å². The zero-order valence-corrected chi connectivity index (χ0v) is 15.5. The van der Waals surface area contributed by atoms with E-state index in [-0.39, 0.29) is 11.8 Å². The maximum Gasteiger partial charge on any atom is 0.226 e. The summed E-state index contributed by atoms with van der Waals surface area (Å²) < 4.78 is 11.3. The Bertz CT molecular complexity index is 580. The van der Waals surface area contributed by atoms with Crippen molar-refractivity contribution in [3.63, 3.8) is 0 Å². The van der Waals surface area contributed by atoms with Crippen molar-refractivity contribution in [2.75, 3.05) is 39.5 Å². The molecule has 1 saturated heterocycles. The highest BCUT2D eigenvalue weighted by atomic mass is 16.5. The van der Waals surface area contributed by atoms with Gasteiger partial charge in [0, 0.05) is 37.8 Å². The van der Waals surface area contributed by atoms with Gasteiger partial charge in [-0.3, -0.25) is 9.69 Å². The van der Waals surface area contributed by atoms with E-state index in [1.807, 2.05) is 4.90 Å². The lowest BCUT2D eigenvalue weighted by Crippen LogP contribution is -2.39. The maximum atomic E-state index is 12.9. The van der Waals surface area contributed by atoms with E-state index in [0.717, 1.165) is 43.8 Å². The highest BCUT2D eigenvalue weighted by molar-refractivity contribution is 5.79. The fourth-order valence-corrected chi connectivity index (χ4v) is 3.64. The molecule has 0 aliphatic carbocycles. The Hall–Kier alpha value is -1.59. The van der Waals surface area contributed by atoms with Gasteiger partial charge in [0.15, 0.2) is 0 Å². The molecule has 0 atom stereocenters. The minimum absolute atomic E-state index is 0.106. The van der Waals surface area contributed by atoms with Gasteiger partial charge < -0.3 is 14.4 Å². The number of hydrogen-bond acceptors (Lipinski definition) is 4. The van der Waals surface area contributed by atoms with Gasteiger partial charge in [-0.05, 0) is 43.6 Å². The molecule has 25 heavy (non-hydrogen) atoms. The molecule has 0 bridgehead atoms. The van der Waals surface area contributed by atoms with Gasteiger partial charge in [-0.25, -0.2) is 0 Å². The number of hydrogen-bond donors (Lipinski definition) is 0. The predicted molar refractivity (Wildman–Crippen MR) is 97.5 cm³/mol. The number of carbonyl (C=O) groups is 1. The summed E-state index contributed by atoms with van der Waals surface area (Å²) >= 11 is 0. The van der Waals surface area contributed by atoms with Crippen LogP contribution in [0.1, 0.15) is 37.8 Å². The average Bonchev–Trinajstić information content (AvgIpc) is 2.88. The molecule has 138 valence electrons. The molecule has 0 radical (unpaired) electrons. The molecular weight excluding hydrogens is 316 g/mol. The summed E-state index contributed by atoms with van der Waals surface area (Å²) in [5, 5.41) is 0. The molecule has 1 fully saturated rings. The van der Waals surface area contributed by atoms with E-state index in [9.17, 15) is 4.79 Å². The van der Waals surface area contributed by atoms with E-state index in [2.05, 4.69) is 36.9 Å². The van der Waals surface area contributed by atoms with Gasteiger partial charge >= 0.3 is 0 Å². The lowest BCUT2D eigenvalue weighted by Gasteiger charge is -2.28. The first-order valence-corrected chi connectivity index (χ1v) is 9.54. The zero-order valence-electron chi connectivity index (χ0n) is 15.5. The normalized spacial score (nSPS) is 18.6. The van der Waals surface area contributed by atoms with Crippen molar-refractivity contribution >= 4 is 5.91 Å². The van der Waals surface area contributed by atoms with Crippen molar-refractivity contribution in [1.29, 1.82) is 0 Å². The van der Waals surface area contributed by atoms with E-state index in [1.54, 1.807) is 0 Å². The Morgan fingerprint density at radius 2 is 1.96 bits per heavy atom. The van der Waals surface area contributed by atoms with Crippen molar-refractivity contribution < 1.29 is 14.3 Å². The topological polar surface area (TPSA) is 42.0 Å². The third-order valence-electron chi connectivity index (χ3n) is 5.29. The molecule has 2 aliphatic heterocycles. The highest BCUT2D eigenvalue weighted by Gasteiger charge is 2.28. The number of fused-ring (bicyclic) bond motifs is 1. The number of benzene rings is 1. The second-order valence-electron chi connectivity index (χ2n) is 6.90. The number of ether oxygens (including phenoxy) is 2. The number of amides is 1. The molecule has 1 aromatic carbocycles. The molecule has 0 spiro atoms. The summed E-state index contributed by atoms with van der Waals surface area (Å²) in [5.74, 6) is 1.29. The first-order valence-electron chi connectivity index (χ1n) is 9.54. The Labute approximate surface area is 150 Å². The van der Waals surface area contributed by atoms with E-state index in [4.69, 9.17) is 9.47 Å². The molecule has 5 nitrogen and oxygen atoms in total. The van der Waals surface area contributed by atoms with Crippen LogP contribution in [0.5, 0.6) is 5.75 Å². The van der Waals surface area contributed by atoms with Crippen LogP contribution < -0.4 is 4.74 Å². The SMILES string of the molecule is CCN(CC)Cc1ccc2c(c1)CN(C(=O)C1CCOCC1)CCO2. The highest BCUT2D eigenvalue weighted by Crippen LogP contribution is 2.27. The van der Waals surface area contributed by atoms with E-state index in [1.165, 1.54) is 5.56 Å². The number of rotatable bonds is 5. The van der Waals surface area contributed by atoms with Crippen LogP contribution in [0.25, 0.3) is 0 Å². The van der Waals surface area contributed by atoms with Crippen LogP contribution in [0.4, 0.5) is 0 Å². The van der Waals surface area contributed by atoms with Crippen LogP contribution in [0.15, 0.2) is 18.2 Å². The van der Waals surface area contributed by atoms with Gasteiger partial charge in [0.05, 0.1) is 6.54 Å². The lowest BCUT2D eigenvalue weighted by atomic mass is 9.98. The fraction of sp³-hybridized carbons (Fsp3) is 0.650. The molecule has 5 heteroatoms. The lowest BCUT2D eigenvalue weighted by molar-refractivity contribution is -0.139. The van der Waals surface area contributed by atoms with E-state index < -0.39 is 0 Å². The molecule has 0 aromatic heterocycles. The number of nitrogens with zero attached hydrogens (tertiary/aromatic N) is 2. The number of carbonyl (C=O) groups excluding carboxylic acids is 1. The molecule has 3 rings (SSSR count). The zero-order chi connectivity index (χ0) is 17.6. The molecule has 1 amide bonds. The van der Waals surface area contributed by atoms with E-state index in [0.29, 0.717) is 32.9 Å². The van der Waals surface area contributed by atoms with Crippen molar-refractivity contribution in [1.82, 2.24) is 9.80 Å². The summed E-state index contributed by atoms with van der Waals surface area (Å²) in [6, 6.07) is 6.42. The van der Waals surface area contributed by atoms with Crippen LogP contribution in [0.2, 0.25) is 0 Å². The quantitative estimate of drug-likeness (QED) is 0.822. The third-order valence-corrected chi connectivity index (χ3v) is 5.29. The summed E-state index contributed by atoms with van der Waals surface area (Å²) in [4.78, 5) is 17.2. The minimum Gasteiger partial charge on any atom is -0.491 e. The van der Waals surface area contributed by atoms with Crippen molar-refractivity contribution in [3.8, 4) is 5.75 Å². The average molecular weight is 346 g/mol. The molecular formula is C20H30N2O3. The van der Waals surface area contributed by atoms with Gasteiger partial charge in [-0.1, -0.05) is 19.9 Å². The molecule has 0 unspecified atom stereocenters. The first-order chi connectivity index (χ1) is 12.2. The molecule has 2 heterocycles. The van der Waals surface area contributed by atoms with Gasteiger partial charge in [0.2, 0.25) is 5.91 Å². The summed E-state index contributed by atoms with van der Waals surface area (Å²) in [7, 11) is 0. The van der Waals surface area contributed by atoms with Gasteiger partial charge in [-0.15, -0.1) is 0 Å². The Kier molecular flexibility index (Phi) is 6.32. The standard InChI is InChI=1S/C20H30N2O3/c1-3-21(4-2)14-16-5-6-19-18(13-16)15-22(9-12-25-19)20(23)17-7-10-24-11-8-17/h5-6,13,17H,3-4,7-12,14-15H2,1-2H3. The second kappa shape index (κ2) is 8.68. The molecule has 0 N–H and O–H groups in total. The van der Waals surface area contributed by atoms with Crippen LogP contribution in [-0.4, -0.2) is 55.2 Å². The van der Waals surface area contributed by atoms with Gasteiger partial charge in [0.1, 0.15) is 12.4 Å². The van der Waals surface area contributed by atoms with E-state index >= 15 is 0 Å². The van der Waals surface area contributed by atoms with Crippen LogP contribution in [-0.2, 0) is 22.6 Å². The predicted octanol–water partition coefficient (Wildman–Crippen LogP) is 2.68. The third kappa shape index (κ3) is 4.53. The van der Waals surface area contributed by atoms with Crippen LogP contribution >= 0.6 is 0 Å². The van der Waals surface area contributed by atoms with Gasteiger partial charge in [-0.2, -0.15) is 0 Å². The summed E-state index contributed by atoms with van der Waals surface area (Å²) in [6.07, 6.45) is 1.68. The second-order valence-corrected chi connectivity index (χ2v) is 6.90. The Morgan fingerprint density at radius 3 is 2.68 bits per heavy atom. The fourth-order valence-electron chi connectivity index (χ4n) is 3.64. The van der Waals surface area contributed by atoms with Gasteiger partial charge in [0.25, 0.3) is 0 Å². The maximum absolute atomic E-state index is 12.9. The monoisotopic (exact) mass is 346 g/mol. The molecule has 2 aliphatic rings. The minimum atomic E-state index is 0.106. The largest absolute Gasteiger partial charge is 0.491 e. The van der Waals surface area contributed by atoms with Crippen molar-refractivity contribution in [2.45, 2.75) is 39.8 Å². The molecule has 1 aromatic rings. The van der Waals surface area contributed by atoms with Crippen molar-refractivity contribution in [2.24, 2.45) is 5.92 Å². The Morgan fingerprint density at radius 1 is 1.20 bits per heavy atom. The van der Waals surface area contributed by atoms with Crippen LogP contribution in [0, 0.1) is 5.92 Å². The summed E-state index contributed by atoms with van der Waals surface area (Å²) in [5.41, 5.74) is 2.41. The summed E-state index contributed by atoms with van der Waals surface area (Å²) in [6.45, 7) is 10.7. The van der Waals surface area contributed by atoms with Crippen molar-refractivity contribution in [3.05, 3.63) is 29.3 Å². The first kappa shape index (κ1) is 18.2. The smallest absolute Gasteiger partial charge is 0.226 e.